The van der Waals surface area contributed by atoms with Crippen LogP contribution in [0.5, 0.6) is 0 Å². The average molecular weight is 689 g/mol. The molecular formula is C48H40OSi2. The molecule has 0 saturated heterocycles. The minimum atomic E-state index is -3.01. The van der Waals surface area contributed by atoms with Crippen LogP contribution in [0, 0.1) is 22.9 Å². The van der Waals surface area contributed by atoms with Crippen LogP contribution < -0.4 is 0 Å². The first-order chi connectivity index (χ1) is 24.8. The Balaban J connectivity index is 1.52. The molecule has 2 unspecified atom stereocenters. The first-order valence-electron chi connectivity index (χ1n) is 17.5. The van der Waals surface area contributed by atoms with Gasteiger partial charge < -0.3 is 5.11 Å². The molecule has 1 aliphatic rings. The second-order valence-electron chi connectivity index (χ2n) is 13.6. The van der Waals surface area contributed by atoms with E-state index in [1.807, 2.05) is 42.5 Å². The highest BCUT2D eigenvalue weighted by Gasteiger charge is 2.53. The largest absolute Gasteiger partial charge is 0.384 e. The van der Waals surface area contributed by atoms with Crippen molar-refractivity contribution in [2.75, 3.05) is 0 Å². The summed E-state index contributed by atoms with van der Waals surface area (Å²) in [5.41, 5.74) is 17.4. The molecule has 0 bridgehead atoms. The van der Waals surface area contributed by atoms with Gasteiger partial charge in [-0.15, -0.1) is 11.1 Å². The van der Waals surface area contributed by atoms with Crippen LogP contribution in [0.15, 0.2) is 186 Å². The van der Waals surface area contributed by atoms with Crippen molar-refractivity contribution >= 4 is 27.3 Å². The lowest BCUT2D eigenvalue weighted by Gasteiger charge is -2.33. The third kappa shape index (κ3) is 7.02. The van der Waals surface area contributed by atoms with Gasteiger partial charge in [-0.3, -0.25) is 0 Å². The molecule has 1 nitrogen and oxygen atoms in total. The van der Waals surface area contributed by atoms with Gasteiger partial charge in [-0.2, -0.15) is 0 Å². The lowest BCUT2D eigenvalue weighted by Crippen LogP contribution is -2.47. The van der Waals surface area contributed by atoms with Gasteiger partial charge in [0, 0.05) is 11.1 Å². The summed E-state index contributed by atoms with van der Waals surface area (Å²) in [5.74, 6) is 7.19. The normalized spacial score (nSPS) is 16.2. The number of aliphatic hydroxyl groups excluding tert-OH is 1. The Hall–Kier alpha value is -5.69. The van der Waals surface area contributed by atoms with Gasteiger partial charge in [-0.05, 0) is 68.4 Å². The average Bonchev–Trinajstić information content (AvgIpc) is 3.48. The molecule has 1 heterocycles. The molecule has 0 fully saturated rings. The Labute approximate surface area is 304 Å². The van der Waals surface area contributed by atoms with E-state index >= 15 is 0 Å². The fourth-order valence-corrected chi connectivity index (χ4v) is 17.8. The zero-order valence-corrected chi connectivity index (χ0v) is 31.3. The third-order valence-electron chi connectivity index (χ3n) is 9.69. The van der Waals surface area contributed by atoms with Gasteiger partial charge in [0.15, 0.2) is 16.1 Å². The van der Waals surface area contributed by atoms with Crippen LogP contribution in [0.3, 0.4) is 0 Å². The lowest BCUT2D eigenvalue weighted by atomic mass is 9.91. The summed E-state index contributed by atoms with van der Waals surface area (Å²) < 4.78 is 0. The van der Waals surface area contributed by atoms with Crippen molar-refractivity contribution in [2.45, 2.75) is 25.7 Å². The van der Waals surface area contributed by atoms with E-state index in [0.29, 0.717) is 0 Å². The molecule has 0 saturated carbocycles. The molecule has 1 N–H and O–H groups in total. The first-order valence-corrected chi connectivity index (χ1v) is 23.0. The van der Waals surface area contributed by atoms with Crippen molar-refractivity contribution < 1.29 is 5.11 Å². The molecule has 0 aromatic heterocycles. The van der Waals surface area contributed by atoms with E-state index in [4.69, 9.17) is 0 Å². The zero-order valence-electron chi connectivity index (χ0n) is 29.3. The van der Waals surface area contributed by atoms with Gasteiger partial charge in [-0.1, -0.05) is 188 Å². The van der Waals surface area contributed by atoms with Gasteiger partial charge in [0.2, 0.25) is 0 Å². The van der Waals surface area contributed by atoms with Crippen LogP contribution in [-0.4, -0.2) is 21.3 Å². The van der Waals surface area contributed by atoms with E-state index in [-0.39, 0.29) is 0 Å². The molecule has 2 atom stereocenters. The van der Waals surface area contributed by atoms with Gasteiger partial charge >= 0.3 is 0 Å². The van der Waals surface area contributed by atoms with E-state index in [0.717, 1.165) is 49.7 Å². The molecule has 6 aromatic rings. The Bertz CT molecular complexity index is 2320. The van der Waals surface area contributed by atoms with E-state index in [9.17, 15) is 5.11 Å². The smallest absolute Gasteiger partial charge is 0.190 e. The highest BCUT2D eigenvalue weighted by atomic mass is 28.4. The van der Waals surface area contributed by atoms with Gasteiger partial charge in [0.05, 0.1) is 6.10 Å². The van der Waals surface area contributed by atoms with E-state index in [2.05, 4.69) is 176 Å². The fraction of sp³-hybridized carbons (Fsp3) is 0.0833. The van der Waals surface area contributed by atoms with Crippen molar-refractivity contribution in [3.05, 3.63) is 214 Å². The molecule has 1 aliphatic heterocycles. The topological polar surface area (TPSA) is 20.2 Å². The Morgan fingerprint density at radius 2 is 0.902 bits per heavy atom. The van der Waals surface area contributed by atoms with E-state index < -0.39 is 22.3 Å². The van der Waals surface area contributed by atoms with Crippen molar-refractivity contribution in [1.29, 1.82) is 0 Å². The first kappa shape index (κ1) is 33.8. The van der Waals surface area contributed by atoms with Crippen molar-refractivity contribution in [3.63, 3.8) is 0 Å². The molecule has 7 rings (SSSR count). The Morgan fingerprint density at radius 3 is 1.41 bits per heavy atom. The Kier molecular flexibility index (Phi) is 9.71. The molecule has 6 aromatic carbocycles. The minimum absolute atomic E-state index is 0.863. The van der Waals surface area contributed by atoms with Crippen LogP contribution in [0.2, 0.25) is 19.6 Å². The van der Waals surface area contributed by atoms with Crippen LogP contribution in [0.25, 0.3) is 22.3 Å². The molecule has 51 heavy (non-hydrogen) atoms. The fourth-order valence-electron chi connectivity index (χ4n) is 7.36. The quantitative estimate of drug-likeness (QED) is 0.136. The molecule has 246 valence electrons. The summed E-state index contributed by atoms with van der Waals surface area (Å²) in [6.45, 7) is 7.08. The highest BCUT2D eigenvalue weighted by Crippen LogP contribution is 2.54. The maximum absolute atomic E-state index is 12.9. The molecule has 0 spiro atoms. The zero-order chi connectivity index (χ0) is 35.3. The monoisotopic (exact) mass is 688 g/mol. The third-order valence-corrected chi connectivity index (χ3v) is 18.8. The summed E-state index contributed by atoms with van der Waals surface area (Å²) in [6.07, 6.45) is -0.866. The second-order valence-corrected chi connectivity index (χ2v) is 21.7. The second kappa shape index (κ2) is 14.7. The van der Waals surface area contributed by atoms with Crippen LogP contribution in [0.4, 0.5) is 0 Å². The predicted molar refractivity (Wildman–Crippen MR) is 219 cm³/mol. The van der Waals surface area contributed by atoms with Crippen LogP contribution in [-0.2, 0) is 0 Å². The predicted octanol–water partition coefficient (Wildman–Crippen LogP) is 10.9. The number of benzene rings is 6. The van der Waals surface area contributed by atoms with Gasteiger partial charge in [0.1, 0.15) is 0 Å². The molecule has 3 heteroatoms. The maximum atomic E-state index is 12.9. The maximum Gasteiger partial charge on any atom is 0.190 e. The molecular weight excluding hydrogens is 649 g/mol. The molecule has 0 radical (unpaired) electrons. The number of hydrogen-bond acceptors (Lipinski definition) is 1. The summed E-state index contributed by atoms with van der Waals surface area (Å²) in [6, 6.07) is 60.6. The van der Waals surface area contributed by atoms with E-state index in [1.54, 1.807) is 0 Å². The van der Waals surface area contributed by atoms with E-state index in [1.165, 1.54) is 10.4 Å². The molecule has 0 amide bonds. The standard InChI is InChI=1S/C48H40OSi2/c1-50(2,35-33-37-19-9-4-10-20-37)48-45(42-27-17-8-18-28-42)44(41-25-15-7-16-26-41)47(51(48,3)36-34-38-21-11-5-12-22-38)46(49)43-31-29-40(30-32-43)39-23-13-6-14-24-39/h4-32,46,49H,1-3H3. The SMILES string of the molecule is C[Si](C)(C#Cc1ccccc1)C1=C(c2ccccc2)C(c2ccccc2)=C(C(O)c2ccc(-c3ccccc3)cc2)[Si]1(C)C#Cc1ccccc1. The lowest BCUT2D eigenvalue weighted by molar-refractivity contribution is 0.223. The Morgan fingerprint density at radius 1 is 0.490 bits per heavy atom. The van der Waals surface area contributed by atoms with Gasteiger partial charge in [0.25, 0.3) is 0 Å². The van der Waals surface area contributed by atoms with Crippen molar-refractivity contribution in [3.8, 4) is 34.1 Å². The van der Waals surface area contributed by atoms with Crippen LogP contribution in [0.1, 0.15) is 33.9 Å². The summed E-state index contributed by atoms with van der Waals surface area (Å²) in [5, 5.41) is 13.9. The number of aliphatic hydroxyl groups is 1. The van der Waals surface area contributed by atoms with Crippen molar-refractivity contribution in [1.82, 2.24) is 0 Å². The van der Waals surface area contributed by atoms with Crippen LogP contribution >= 0.6 is 0 Å². The molecule has 0 aliphatic carbocycles. The number of allylic oxidation sites excluding steroid dienone is 2. The van der Waals surface area contributed by atoms with Crippen molar-refractivity contribution in [2.24, 2.45) is 0 Å². The van der Waals surface area contributed by atoms with Gasteiger partial charge in [-0.25, -0.2) is 0 Å². The number of hydrogen-bond donors (Lipinski definition) is 1. The minimum Gasteiger partial charge on any atom is -0.384 e. The summed E-state index contributed by atoms with van der Waals surface area (Å²) >= 11 is 0. The summed E-state index contributed by atoms with van der Waals surface area (Å²) in [7, 11) is -5.57. The number of rotatable bonds is 6. The highest BCUT2D eigenvalue weighted by molar-refractivity contribution is 7.17. The summed E-state index contributed by atoms with van der Waals surface area (Å²) in [4.78, 5) is 1.35.